The average molecular weight is 269 g/mol. The van der Waals surface area contributed by atoms with E-state index in [9.17, 15) is 0 Å². The summed E-state index contributed by atoms with van der Waals surface area (Å²) in [6.45, 7) is 5.27. The highest BCUT2D eigenvalue weighted by Crippen LogP contribution is 2.07. The van der Waals surface area contributed by atoms with Crippen LogP contribution < -0.4 is 11.1 Å². The van der Waals surface area contributed by atoms with Gasteiger partial charge in [-0.15, -0.1) is 17.9 Å². The quantitative estimate of drug-likeness (QED) is 0.329. The Morgan fingerprint density at radius 1 is 1.65 bits per heavy atom. The molecule has 17 heavy (non-hydrogen) atoms. The summed E-state index contributed by atoms with van der Waals surface area (Å²) in [6, 6.07) is 4.19. The van der Waals surface area contributed by atoms with Crippen LogP contribution in [0.15, 0.2) is 35.2 Å². The number of hydrogen-bond acceptors (Lipinski definition) is 3. The van der Waals surface area contributed by atoms with Crippen LogP contribution in [0.1, 0.15) is 4.88 Å². The fourth-order valence-corrected chi connectivity index (χ4v) is 2.48. The Morgan fingerprint density at radius 3 is 3.24 bits per heavy atom. The van der Waals surface area contributed by atoms with Crippen LogP contribution in [0.4, 0.5) is 0 Å². The maximum absolute atomic E-state index is 5.74. The Kier molecular flexibility index (Phi) is 7.58. The molecule has 0 aromatic carbocycles. The second-order valence-electron chi connectivity index (χ2n) is 3.39. The molecule has 0 aliphatic carbocycles. The monoisotopic (exact) mass is 269 g/mol. The zero-order valence-corrected chi connectivity index (χ0v) is 11.5. The van der Waals surface area contributed by atoms with Crippen molar-refractivity contribution in [2.75, 3.05) is 24.6 Å². The van der Waals surface area contributed by atoms with Crippen molar-refractivity contribution in [1.82, 2.24) is 5.32 Å². The highest BCUT2D eigenvalue weighted by atomic mass is 32.2. The van der Waals surface area contributed by atoms with Gasteiger partial charge in [-0.3, -0.25) is 4.99 Å². The molecule has 0 radical (unpaired) electrons. The van der Waals surface area contributed by atoms with E-state index < -0.39 is 0 Å². The number of thiophene rings is 1. The van der Waals surface area contributed by atoms with Crippen LogP contribution in [0.2, 0.25) is 0 Å². The second-order valence-corrected chi connectivity index (χ2v) is 5.57. The van der Waals surface area contributed by atoms with Crippen LogP contribution in [-0.4, -0.2) is 30.6 Å². The van der Waals surface area contributed by atoms with Gasteiger partial charge in [-0.1, -0.05) is 12.1 Å². The first-order chi connectivity index (χ1) is 8.33. The molecule has 1 aromatic rings. The lowest BCUT2D eigenvalue weighted by Crippen LogP contribution is -2.33. The Morgan fingerprint density at radius 2 is 2.53 bits per heavy atom. The number of guanidine groups is 1. The summed E-state index contributed by atoms with van der Waals surface area (Å²) < 4.78 is 0. The largest absolute Gasteiger partial charge is 0.370 e. The Balaban J connectivity index is 2.05. The third kappa shape index (κ3) is 7.07. The van der Waals surface area contributed by atoms with Crippen LogP contribution >= 0.6 is 23.1 Å². The molecule has 3 N–H and O–H groups in total. The number of nitrogens with zero attached hydrogens (tertiary/aromatic N) is 1. The van der Waals surface area contributed by atoms with Gasteiger partial charge in [-0.25, -0.2) is 0 Å². The first-order valence-corrected chi connectivity index (χ1v) is 7.61. The van der Waals surface area contributed by atoms with Gasteiger partial charge in [0.2, 0.25) is 0 Å². The summed E-state index contributed by atoms with van der Waals surface area (Å²) in [5.41, 5.74) is 5.74. The predicted octanol–water partition coefficient (Wildman–Crippen LogP) is 2.11. The summed E-state index contributed by atoms with van der Waals surface area (Å²) in [4.78, 5) is 5.61. The van der Waals surface area contributed by atoms with Gasteiger partial charge in [0.25, 0.3) is 0 Å². The van der Waals surface area contributed by atoms with Gasteiger partial charge in [0.15, 0.2) is 5.96 Å². The van der Waals surface area contributed by atoms with Crippen LogP contribution in [0, 0.1) is 0 Å². The highest BCUT2D eigenvalue weighted by molar-refractivity contribution is 7.99. The third-order valence-corrected chi connectivity index (χ3v) is 3.89. The summed E-state index contributed by atoms with van der Waals surface area (Å²) >= 11 is 3.58. The highest BCUT2D eigenvalue weighted by Gasteiger charge is 1.94. The van der Waals surface area contributed by atoms with Gasteiger partial charge in [0.1, 0.15) is 0 Å². The molecule has 1 rings (SSSR count). The lowest BCUT2D eigenvalue weighted by Gasteiger charge is -2.04. The Bertz CT molecular complexity index is 334. The Labute approximate surface area is 111 Å². The number of rotatable bonds is 8. The Hall–Kier alpha value is -0.940. The second kappa shape index (κ2) is 9.13. The van der Waals surface area contributed by atoms with Crippen LogP contribution in [0.3, 0.4) is 0 Å². The van der Waals surface area contributed by atoms with Crippen LogP contribution in [0.25, 0.3) is 0 Å². The first-order valence-electron chi connectivity index (χ1n) is 5.57. The number of nitrogens with one attached hydrogen (secondary N) is 1. The van der Waals surface area contributed by atoms with Crippen molar-refractivity contribution in [2.24, 2.45) is 10.7 Å². The SMILES string of the molecule is C=CCSCCN=C(N)NCCc1cccs1. The van der Waals surface area contributed by atoms with Gasteiger partial charge in [0, 0.05) is 22.9 Å². The van der Waals surface area contributed by atoms with Crippen molar-refractivity contribution >= 4 is 29.1 Å². The summed E-state index contributed by atoms with van der Waals surface area (Å²) in [7, 11) is 0. The van der Waals surface area contributed by atoms with Crippen molar-refractivity contribution in [2.45, 2.75) is 6.42 Å². The van der Waals surface area contributed by atoms with E-state index in [2.05, 4.69) is 34.4 Å². The van der Waals surface area contributed by atoms with Gasteiger partial charge in [-0.2, -0.15) is 11.8 Å². The first kappa shape index (κ1) is 14.1. The van der Waals surface area contributed by atoms with Crippen molar-refractivity contribution < 1.29 is 0 Å². The molecule has 0 amide bonds. The van der Waals surface area contributed by atoms with Gasteiger partial charge < -0.3 is 11.1 Å². The molecule has 0 saturated carbocycles. The fraction of sp³-hybridized carbons (Fsp3) is 0.417. The molecule has 1 aromatic heterocycles. The number of aliphatic imine (C=N–C) groups is 1. The average Bonchev–Trinajstić information content (AvgIpc) is 2.82. The molecular formula is C12H19N3S2. The van der Waals surface area contributed by atoms with Gasteiger partial charge in [-0.05, 0) is 17.9 Å². The van der Waals surface area contributed by atoms with Crippen molar-refractivity contribution in [1.29, 1.82) is 0 Å². The zero-order chi connectivity index (χ0) is 12.3. The van der Waals surface area contributed by atoms with Crippen molar-refractivity contribution in [3.05, 3.63) is 35.0 Å². The van der Waals surface area contributed by atoms with Gasteiger partial charge in [0.05, 0.1) is 6.54 Å². The standard InChI is InChI=1S/C12H19N3S2/c1-2-8-16-10-7-15-12(13)14-6-5-11-4-3-9-17-11/h2-4,9H,1,5-8,10H2,(H3,13,14,15). The number of hydrogen-bond donors (Lipinski definition) is 2. The predicted molar refractivity (Wildman–Crippen MR) is 80.0 cm³/mol. The van der Waals surface area contributed by atoms with E-state index in [1.54, 1.807) is 11.3 Å². The summed E-state index contributed by atoms with van der Waals surface area (Å²) in [5.74, 6) is 2.50. The summed E-state index contributed by atoms with van der Waals surface area (Å²) in [5, 5.41) is 5.20. The normalized spacial score (nSPS) is 11.4. The third-order valence-electron chi connectivity index (χ3n) is 2.01. The van der Waals surface area contributed by atoms with Gasteiger partial charge >= 0.3 is 0 Å². The van der Waals surface area contributed by atoms with Crippen LogP contribution in [0.5, 0.6) is 0 Å². The van der Waals surface area contributed by atoms with E-state index in [1.165, 1.54) is 4.88 Å². The number of nitrogens with two attached hydrogens (primary N) is 1. The topological polar surface area (TPSA) is 50.4 Å². The molecule has 0 saturated heterocycles. The lowest BCUT2D eigenvalue weighted by atomic mass is 10.3. The molecule has 3 nitrogen and oxygen atoms in total. The molecule has 5 heteroatoms. The van der Waals surface area contributed by atoms with E-state index in [1.807, 2.05) is 17.8 Å². The maximum Gasteiger partial charge on any atom is 0.188 e. The molecule has 0 aliphatic heterocycles. The van der Waals surface area contributed by atoms with Crippen molar-refractivity contribution in [3.63, 3.8) is 0 Å². The van der Waals surface area contributed by atoms with E-state index in [4.69, 9.17) is 5.73 Å². The molecule has 0 unspecified atom stereocenters. The van der Waals surface area contributed by atoms with E-state index >= 15 is 0 Å². The van der Waals surface area contributed by atoms with E-state index in [-0.39, 0.29) is 0 Å². The molecule has 0 fully saturated rings. The molecule has 94 valence electrons. The molecule has 0 bridgehead atoms. The minimum absolute atomic E-state index is 0.542. The smallest absolute Gasteiger partial charge is 0.188 e. The van der Waals surface area contributed by atoms with Crippen LogP contribution in [-0.2, 0) is 6.42 Å². The molecule has 1 heterocycles. The molecule has 0 spiro atoms. The maximum atomic E-state index is 5.74. The minimum atomic E-state index is 0.542. The summed E-state index contributed by atoms with van der Waals surface area (Å²) in [6.07, 6.45) is 2.90. The molecule has 0 aliphatic rings. The van der Waals surface area contributed by atoms with E-state index in [0.717, 1.165) is 31.0 Å². The zero-order valence-electron chi connectivity index (χ0n) is 9.89. The molecular weight excluding hydrogens is 250 g/mol. The lowest BCUT2D eigenvalue weighted by molar-refractivity contribution is 0.861. The minimum Gasteiger partial charge on any atom is -0.370 e. The van der Waals surface area contributed by atoms with E-state index in [0.29, 0.717) is 5.96 Å². The fourth-order valence-electron chi connectivity index (χ4n) is 1.22. The van der Waals surface area contributed by atoms with Crippen molar-refractivity contribution in [3.8, 4) is 0 Å². The molecule has 0 atom stereocenters. The number of thioether (sulfide) groups is 1.